The molecule has 0 aliphatic carbocycles. The molecule has 0 aliphatic heterocycles. The van der Waals surface area contributed by atoms with Crippen LogP contribution >= 0.6 is 15.9 Å². The second-order valence-electron chi connectivity index (χ2n) is 5.76. The Morgan fingerprint density at radius 3 is 2.58 bits per heavy atom. The number of benzene rings is 2. The number of esters is 1. The van der Waals surface area contributed by atoms with E-state index in [0.717, 1.165) is 20.9 Å². The second kappa shape index (κ2) is 8.10. The average molecular weight is 413 g/mol. The van der Waals surface area contributed by atoms with Gasteiger partial charge in [-0.15, -0.1) is 0 Å². The minimum atomic E-state index is -0.777. The van der Waals surface area contributed by atoms with E-state index in [1.165, 1.54) is 7.11 Å². The lowest BCUT2D eigenvalue weighted by atomic mass is 10.0. The molecule has 5 nitrogen and oxygen atoms in total. The van der Waals surface area contributed by atoms with Gasteiger partial charge in [-0.25, -0.2) is 4.79 Å². The zero-order valence-electron chi connectivity index (χ0n) is 14.1. The fraction of sp³-hybridized carbons (Fsp3) is 0.150. The summed E-state index contributed by atoms with van der Waals surface area (Å²) in [6.07, 6.45) is 1.92. The molecule has 0 aliphatic rings. The first kappa shape index (κ1) is 18.1. The van der Waals surface area contributed by atoms with Crippen molar-refractivity contribution < 1.29 is 14.3 Å². The van der Waals surface area contributed by atoms with Crippen LogP contribution in [0.25, 0.3) is 10.9 Å². The zero-order valence-corrected chi connectivity index (χ0v) is 15.7. The number of rotatable bonds is 5. The zero-order chi connectivity index (χ0) is 18.5. The third kappa shape index (κ3) is 4.08. The Morgan fingerprint density at radius 1 is 1.12 bits per heavy atom. The minimum absolute atomic E-state index is 0.337. The summed E-state index contributed by atoms with van der Waals surface area (Å²) in [4.78, 5) is 29.2. The number of fused-ring (bicyclic) bond motifs is 1. The van der Waals surface area contributed by atoms with E-state index in [1.807, 2.05) is 48.5 Å². The molecule has 1 atom stereocenters. The summed E-state index contributed by atoms with van der Waals surface area (Å²) in [5, 5.41) is 3.52. The van der Waals surface area contributed by atoms with Gasteiger partial charge in [-0.05, 0) is 29.8 Å². The molecule has 3 aromatic rings. The highest BCUT2D eigenvalue weighted by molar-refractivity contribution is 9.10. The molecule has 6 heteroatoms. The van der Waals surface area contributed by atoms with Crippen LogP contribution in [0.2, 0.25) is 0 Å². The molecule has 0 bridgehead atoms. The number of carbonyl (C=O) groups is 2. The van der Waals surface area contributed by atoms with Gasteiger partial charge in [0.15, 0.2) is 0 Å². The monoisotopic (exact) mass is 412 g/mol. The largest absolute Gasteiger partial charge is 0.467 e. The molecule has 0 spiro atoms. The van der Waals surface area contributed by atoms with Gasteiger partial charge >= 0.3 is 5.97 Å². The standard InChI is InChI=1S/C20H17BrN2O3/c1-26-20(25)18(12-13-6-8-14(21)9-7-13)23-19(24)16-10-11-22-17-5-3-2-4-15(16)17/h2-11,18H,12H2,1H3,(H,23,24)/t18-/m1/s1. The number of nitrogens with one attached hydrogen (secondary N) is 1. The van der Waals surface area contributed by atoms with Crippen molar-refractivity contribution in [3.63, 3.8) is 0 Å². The molecule has 132 valence electrons. The van der Waals surface area contributed by atoms with Gasteiger partial charge in [-0.1, -0.05) is 46.3 Å². The van der Waals surface area contributed by atoms with E-state index >= 15 is 0 Å². The van der Waals surface area contributed by atoms with E-state index in [4.69, 9.17) is 4.74 Å². The van der Waals surface area contributed by atoms with E-state index < -0.39 is 12.0 Å². The summed E-state index contributed by atoms with van der Waals surface area (Å²) in [5.41, 5.74) is 2.12. The predicted octanol–water partition coefficient (Wildman–Crippen LogP) is 3.51. The SMILES string of the molecule is COC(=O)[C@@H](Cc1ccc(Br)cc1)NC(=O)c1ccnc2ccccc12. The van der Waals surface area contributed by atoms with Crippen LogP contribution in [0, 0.1) is 0 Å². The number of methoxy groups -OCH3 is 1. The van der Waals surface area contributed by atoms with Gasteiger partial charge in [0.1, 0.15) is 6.04 Å². The highest BCUT2D eigenvalue weighted by Crippen LogP contribution is 2.17. The summed E-state index contributed by atoms with van der Waals surface area (Å²) in [5.74, 6) is -0.823. The van der Waals surface area contributed by atoms with E-state index in [1.54, 1.807) is 12.3 Å². The number of hydrogen-bond donors (Lipinski definition) is 1. The maximum Gasteiger partial charge on any atom is 0.328 e. The number of ether oxygens (including phenoxy) is 1. The Kier molecular flexibility index (Phi) is 5.63. The predicted molar refractivity (Wildman–Crippen MR) is 103 cm³/mol. The Bertz CT molecular complexity index is 936. The molecule has 0 fully saturated rings. The van der Waals surface area contributed by atoms with Crippen LogP contribution in [-0.2, 0) is 16.0 Å². The van der Waals surface area contributed by atoms with Crippen molar-refractivity contribution in [2.75, 3.05) is 7.11 Å². The van der Waals surface area contributed by atoms with Gasteiger partial charge < -0.3 is 10.1 Å². The first-order chi connectivity index (χ1) is 12.6. The van der Waals surface area contributed by atoms with Gasteiger partial charge in [0.2, 0.25) is 0 Å². The average Bonchev–Trinajstić information content (AvgIpc) is 2.68. The smallest absolute Gasteiger partial charge is 0.328 e. The van der Waals surface area contributed by atoms with E-state index in [2.05, 4.69) is 26.2 Å². The second-order valence-corrected chi connectivity index (χ2v) is 6.67. The number of carbonyl (C=O) groups excluding carboxylic acids is 2. The van der Waals surface area contributed by atoms with Gasteiger partial charge in [0, 0.05) is 22.5 Å². The Balaban J connectivity index is 1.85. The van der Waals surface area contributed by atoms with Gasteiger partial charge in [-0.3, -0.25) is 9.78 Å². The van der Waals surface area contributed by atoms with Gasteiger partial charge in [-0.2, -0.15) is 0 Å². The third-order valence-electron chi connectivity index (χ3n) is 4.04. The Labute approximate surface area is 159 Å². The summed E-state index contributed by atoms with van der Waals surface area (Å²) in [7, 11) is 1.31. The van der Waals surface area contributed by atoms with Crippen LogP contribution in [0.15, 0.2) is 65.3 Å². The van der Waals surface area contributed by atoms with Crippen LogP contribution in [0.1, 0.15) is 15.9 Å². The molecular formula is C20H17BrN2O3. The number of halogens is 1. The van der Waals surface area contributed by atoms with Crippen molar-refractivity contribution in [2.24, 2.45) is 0 Å². The Hall–Kier alpha value is -2.73. The number of amides is 1. The normalized spacial score (nSPS) is 11.8. The summed E-state index contributed by atoms with van der Waals surface area (Å²) in [6, 6.07) is 15.8. The molecule has 0 radical (unpaired) electrons. The summed E-state index contributed by atoms with van der Waals surface area (Å²) < 4.78 is 5.80. The quantitative estimate of drug-likeness (QED) is 0.651. The lowest BCUT2D eigenvalue weighted by Gasteiger charge is -2.17. The molecule has 1 heterocycles. The van der Waals surface area contributed by atoms with Gasteiger partial charge in [0.05, 0.1) is 18.2 Å². The lowest BCUT2D eigenvalue weighted by molar-refractivity contribution is -0.142. The maximum atomic E-state index is 12.8. The van der Waals surface area contributed by atoms with E-state index in [9.17, 15) is 9.59 Å². The van der Waals surface area contributed by atoms with Gasteiger partial charge in [0.25, 0.3) is 5.91 Å². The minimum Gasteiger partial charge on any atom is -0.467 e. The highest BCUT2D eigenvalue weighted by atomic mass is 79.9. The summed E-state index contributed by atoms with van der Waals surface area (Å²) >= 11 is 3.38. The van der Waals surface area contributed by atoms with Crippen LogP contribution in [-0.4, -0.2) is 30.0 Å². The van der Waals surface area contributed by atoms with Crippen molar-refractivity contribution >= 4 is 38.7 Å². The first-order valence-corrected chi connectivity index (χ1v) is 8.84. The number of para-hydroxylation sites is 1. The molecule has 1 amide bonds. The maximum absolute atomic E-state index is 12.8. The third-order valence-corrected chi connectivity index (χ3v) is 4.57. The van der Waals surface area contributed by atoms with Crippen molar-refractivity contribution in [3.8, 4) is 0 Å². The van der Waals surface area contributed by atoms with Crippen molar-refractivity contribution in [3.05, 3.63) is 76.4 Å². The van der Waals surface area contributed by atoms with Crippen LogP contribution in [0.4, 0.5) is 0 Å². The molecule has 26 heavy (non-hydrogen) atoms. The fourth-order valence-corrected chi connectivity index (χ4v) is 2.99. The number of nitrogens with zero attached hydrogens (tertiary/aromatic N) is 1. The molecule has 1 N–H and O–H groups in total. The lowest BCUT2D eigenvalue weighted by Crippen LogP contribution is -2.43. The van der Waals surface area contributed by atoms with Crippen LogP contribution in [0.5, 0.6) is 0 Å². The number of hydrogen-bond acceptors (Lipinski definition) is 4. The van der Waals surface area contributed by atoms with E-state index in [0.29, 0.717) is 12.0 Å². The Morgan fingerprint density at radius 2 is 1.85 bits per heavy atom. The molecule has 3 rings (SSSR count). The molecule has 1 aromatic heterocycles. The molecule has 0 saturated heterocycles. The molecule has 0 saturated carbocycles. The summed E-state index contributed by atoms with van der Waals surface area (Å²) in [6.45, 7) is 0. The molecule has 2 aromatic carbocycles. The topological polar surface area (TPSA) is 68.3 Å². The first-order valence-electron chi connectivity index (χ1n) is 8.05. The highest BCUT2D eigenvalue weighted by Gasteiger charge is 2.23. The number of pyridine rings is 1. The van der Waals surface area contributed by atoms with Crippen LogP contribution < -0.4 is 5.32 Å². The molecular weight excluding hydrogens is 396 g/mol. The van der Waals surface area contributed by atoms with Crippen molar-refractivity contribution in [2.45, 2.75) is 12.5 Å². The van der Waals surface area contributed by atoms with Crippen molar-refractivity contribution in [1.29, 1.82) is 0 Å². The van der Waals surface area contributed by atoms with E-state index in [-0.39, 0.29) is 5.91 Å². The number of aromatic nitrogens is 1. The van der Waals surface area contributed by atoms with Crippen LogP contribution in [0.3, 0.4) is 0 Å². The molecule has 0 unspecified atom stereocenters. The fourth-order valence-electron chi connectivity index (χ4n) is 2.72. The van der Waals surface area contributed by atoms with Crippen molar-refractivity contribution in [1.82, 2.24) is 10.3 Å².